The van der Waals surface area contributed by atoms with E-state index in [0.29, 0.717) is 4.88 Å². The van der Waals surface area contributed by atoms with E-state index in [4.69, 9.17) is 5.73 Å². The van der Waals surface area contributed by atoms with Gasteiger partial charge in [-0.2, -0.15) is 0 Å². The first kappa shape index (κ1) is 9.47. The molecule has 0 amide bonds. The van der Waals surface area contributed by atoms with Crippen molar-refractivity contribution in [2.75, 3.05) is 5.73 Å². The summed E-state index contributed by atoms with van der Waals surface area (Å²) in [7, 11) is 0. The minimum absolute atomic E-state index is 0.0440. The minimum Gasteiger partial charge on any atom is -0.381 e. The first-order valence-electron chi connectivity index (χ1n) is 3.40. The molecule has 1 aromatic rings. The highest BCUT2D eigenvalue weighted by atomic mass is 32.2. The van der Waals surface area contributed by atoms with Gasteiger partial charge in [-0.15, -0.1) is 5.10 Å². The van der Waals surface area contributed by atoms with Crippen molar-refractivity contribution >= 4 is 34.2 Å². The summed E-state index contributed by atoms with van der Waals surface area (Å²) in [5, 5.41) is 3.78. The van der Waals surface area contributed by atoms with E-state index in [9.17, 15) is 4.79 Å². The molecule has 66 valence electrons. The lowest BCUT2D eigenvalue weighted by atomic mass is 10.5. The van der Waals surface area contributed by atoms with Gasteiger partial charge in [-0.25, -0.2) is 0 Å². The highest BCUT2D eigenvalue weighted by Gasteiger charge is 2.15. The van der Waals surface area contributed by atoms with Gasteiger partial charge in [0.1, 0.15) is 4.88 Å². The lowest BCUT2D eigenvalue weighted by Crippen LogP contribution is -2.00. The highest BCUT2D eigenvalue weighted by Crippen LogP contribution is 2.22. The van der Waals surface area contributed by atoms with Crippen molar-refractivity contribution in [3.63, 3.8) is 0 Å². The van der Waals surface area contributed by atoms with Crippen LogP contribution in [0.4, 0.5) is 5.82 Å². The second kappa shape index (κ2) is 3.86. The summed E-state index contributed by atoms with van der Waals surface area (Å²) in [5.74, 6) is 0.234. The average molecular weight is 203 g/mol. The summed E-state index contributed by atoms with van der Waals surface area (Å²) in [6, 6.07) is 0. The first-order chi connectivity index (χ1) is 5.61. The van der Waals surface area contributed by atoms with Crippen molar-refractivity contribution in [3.8, 4) is 0 Å². The number of thioether (sulfide) groups is 1. The van der Waals surface area contributed by atoms with Gasteiger partial charge in [0, 0.05) is 5.25 Å². The summed E-state index contributed by atoms with van der Waals surface area (Å²) in [4.78, 5) is 11.8. The van der Waals surface area contributed by atoms with Crippen LogP contribution in [0.5, 0.6) is 0 Å². The maximum absolute atomic E-state index is 11.4. The number of carbonyl (C=O) groups excluding carboxylic acids is 1. The molecule has 2 N–H and O–H groups in total. The third-order valence-electron chi connectivity index (χ3n) is 1.04. The zero-order chi connectivity index (χ0) is 9.14. The van der Waals surface area contributed by atoms with Crippen molar-refractivity contribution in [2.24, 2.45) is 0 Å². The van der Waals surface area contributed by atoms with Crippen LogP contribution in [0.2, 0.25) is 0 Å². The summed E-state index contributed by atoms with van der Waals surface area (Å²) < 4.78 is 3.58. The molecule has 0 aliphatic carbocycles. The average Bonchev–Trinajstić information content (AvgIpc) is 2.33. The van der Waals surface area contributed by atoms with Crippen molar-refractivity contribution in [1.82, 2.24) is 9.59 Å². The van der Waals surface area contributed by atoms with Crippen LogP contribution in [-0.4, -0.2) is 20.0 Å². The van der Waals surface area contributed by atoms with Crippen molar-refractivity contribution in [3.05, 3.63) is 4.88 Å². The van der Waals surface area contributed by atoms with Gasteiger partial charge in [-0.3, -0.25) is 4.79 Å². The van der Waals surface area contributed by atoms with Crippen LogP contribution in [0.1, 0.15) is 23.5 Å². The molecule has 0 saturated heterocycles. The van der Waals surface area contributed by atoms with E-state index in [1.807, 2.05) is 13.8 Å². The third-order valence-corrected chi connectivity index (χ3v) is 2.80. The molecule has 1 heterocycles. The third kappa shape index (κ3) is 2.18. The molecule has 0 unspecified atom stereocenters. The predicted molar refractivity (Wildman–Crippen MR) is 51.4 cm³/mol. The molecule has 0 spiro atoms. The van der Waals surface area contributed by atoms with E-state index in [1.54, 1.807) is 0 Å². The molecule has 0 fully saturated rings. The van der Waals surface area contributed by atoms with E-state index in [-0.39, 0.29) is 16.2 Å². The number of nitrogen functional groups attached to an aromatic ring is 1. The van der Waals surface area contributed by atoms with Crippen LogP contribution in [0.15, 0.2) is 0 Å². The van der Waals surface area contributed by atoms with E-state index >= 15 is 0 Å². The number of nitrogens with zero attached hydrogens (tertiary/aromatic N) is 2. The lowest BCUT2D eigenvalue weighted by Gasteiger charge is -1.99. The number of aromatic nitrogens is 2. The molecule has 0 aromatic carbocycles. The molecule has 1 rings (SSSR count). The maximum Gasteiger partial charge on any atom is 0.235 e. The molecule has 12 heavy (non-hydrogen) atoms. The summed E-state index contributed by atoms with van der Waals surface area (Å²) in [5.41, 5.74) is 5.42. The van der Waals surface area contributed by atoms with E-state index in [1.165, 1.54) is 11.8 Å². The number of hydrogen-bond acceptors (Lipinski definition) is 6. The normalized spacial score (nSPS) is 10.6. The number of carbonyl (C=O) groups is 1. The Morgan fingerprint density at radius 1 is 1.67 bits per heavy atom. The van der Waals surface area contributed by atoms with E-state index in [0.717, 1.165) is 11.5 Å². The van der Waals surface area contributed by atoms with Gasteiger partial charge < -0.3 is 5.73 Å². The Morgan fingerprint density at radius 2 is 2.33 bits per heavy atom. The lowest BCUT2D eigenvalue weighted by molar-refractivity contribution is 0.109. The fourth-order valence-electron chi connectivity index (χ4n) is 0.607. The van der Waals surface area contributed by atoms with E-state index < -0.39 is 0 Å². The molecule has 0 atom stereocenters. The Balaban J connectivity index is 2.72. The standard InChI is InChI=1S/C6H9N3OS2/c1-3(2)11-6(10)4-5(7)8-9-12-4/h3H,7H2,1-2H3. The smallest absolute Gasteiger partial charge is 0.235 e. The van der Waals surface area contributed by atoms with Crippen LogP contribution in [0, 0.1) is 0 Å². The van der Waals surface area contributed by atoms with Crippen LogP contribution < -0.4 is 5.73 Å². The Labute approximate surface area is 78.7 Å². The number of hydrogen-bond donors (Lipinski definition) is 1. The SMILES string of the molecule is CC(C)SC(=O)c1snnc1N. The molecule has 6 heteroatoms. The van der Waals surface area contributed by atoms with Crippen LogP contribution >= 0.6 is 23.3 Å². The zero-order valence-corrected chi connectivity index (χ0v) is 8.41. The summed E-state index contributed by atoms with van der Waals surface area (Å²) in [6.07, 6.45) is 0. The Bertz CT molecular complexity index is 284. The zero-order valence-electron chi connectivity index (χ0n) is 6.77. The van der Waals surface area contributed by atoms with Crippen molar-refractivity contribution in [2.45, 2.75) is 19.1 Å². The molecular formula is C6H9N3OS2. The predicted octanol–water partition coefficient (Wildman–Crippen LogP) is 1.40. The maximum atomic E-state index is 11.4. The Kier molecular flexibility index (Phi) is 3.05. The van der Waals surface area contributed by atoms with Crippen LogP contribution in [-0.2, 0) is 0 Å². The molecule has 0 saturated carbocycles. The Morgan fingerprint density at radius 3 is 2.75 bits per heavy atom. The topological polar surface area (TPSA) is 68.9 Å². The fraction of sp³-hybridized carbons (Fsp3) is 0.500. The minimum atomic E-state index is -0.0440. The van der Waals surface area contributed by atoms with E-state index in [2.05, 4.69) is 9.59 Å². The number of nitrogens with two attached hydrogens (primary N) is 1. The van der Waals surface area contributed by atoms with Crippen molar-refractivity contribution < 1.29 is 4.79 Å². The monoisotopic (exact) mass is 203 g/mol. The molecule has 0 aliphatic heterocycles. The summed E-state index contributed by atoms with van der Waals surface area (Å²) in [6.45, 7) is 3.90. The molecular weight excluding hydrogens is 194 g/mol. The Hall–Kier alpha value is -0.620. The van der Waals surface area contributed by atoms with Gasteiger partial charge in [0.15, 0.2) is 5.82 Å². The first-order valence-corrected chi connectivity index (χ1v) is 5.05. The van der Waals surface area contributed by atoms with Crippen molar-refractivity contribution in [1.29, 1.82) is 0 Å². The van der Waals surface area contributed by atoms with Gasteiger partial charge in [0.25, 0.3) is 0 Å². The summed E-state index contributed by atoms with van der Waals surface area (Å²) >= 11 is 2.28. The largest absolute Gasteiger partial charge is 0.381 e. The molecule has 0 aliphatic rings. The van der Waals surface area contributed by atoms with Gasteiger partial charge in [-0.1, -0.05) is 30.1 Å². The fourth-order valence-corrected chi connectivity index (χ4v) is 1.92. The van der Waals surface area contributed by atoms with Crippen LogP contribution in [0.25, 0.3) is 0 Å². The second-order valence-corrected chi connectivity index (χ2v) is 4.74. The quantitative estimate of drug-likeness (QED) is 0.786. The molecule has 1 aromatic heterocycles. The van der Waals surface area contributed by atoms with Gasteiger partial charge in [-0.05, 0) is 11.5 Å². The number of anilines is 1. The molecule has 0 bridgehead atoms. The van der Waals surface area contributed by atoms with Gasteiger partial charge in [0.2, 0.25) is 5.12 Å². The highest BCUT2D eigenvalue weighted by molar-refractivity contribution is 8.14. The van der Waals surface area contributed by atoms with Gasteiger partial charge >= 0.3 is 0 Å². The van der Waals surface area contributed by atoms with Gasteiger partial charge in [0.05, 0.1) is 0 Å². The van der Waals surface area contributed by atoms with Crippen LogP contribution in [0.3, 0.4) is 0 Å². The second-order valence-electron chi connectivity index (χ2n) is 2.44. The molecule has 0 radical (unpaired) electrons. The number of rotatable bonds is 2. The molecule has 4 nitrogen and oxygen atoms in total.